The van der Waals surface area contributed by atoms with Crippen molar-refractivity contribution in [2.75, 3.05) is 0 Å². The third kappa shape index (κ3) is 1.90. The van der Waals surface area contributed by atoms with Gasteiger partial charge in [-0.3, -0.25) is 0 Å². The van der Waals surface area contributed by atoms with Crippen LogP contribution in [0.25, 0.3) is 0 Å². The van der Waals surface area contributed by atoms with Crippen molar-refractivity contribution in [3.8, 4) is 0 Å². The molecule has 3 fully saturated rings. The van der Waals surface area contributed by atoms with Gasteiger partial charge in [-0.25, -0.2) is 0 Å². The first kappa shape index (κ1) is 15.4. The van der Waals surface area contributed by atoms with Gasteiger partial charge in [-0.1, -0.05) is 25.5 Å². The standard InChI is InChI=1S/C19H29O2P/c1-18-7-5-12(20)9-11(18)10-15(21)17-13-3-4-16(22)19(13,2)8-6-14(17)18/h10,12-15,17,20-22H,3-9H2,1-2H3/t12-,13-,14-,15-,17?,18?,19?/m0/s1. The Morgan fingerprint density at radius 1 is 1.05 bits per heavy atom. The van der Waals surface area contributed by atoms with Crippen molar-refractivity contribution in [3.63, 3.8) is 0 Å². The largest absolute Gasteiger partial charge is 0.393 e. The summed E-state index contributed by atoms with van der Waals surface area (Å²) in [7, 11) is 3.91. The van der Waals surface area contributed by atoms with Crippen molar-refractivity contribution in [2.24, 2.45) is 28.6 Å². The van der Waals surface area contributed by atoms with Crippen LogP contribution in [0.5, 0.6) is 0 Å². The molecule has 2 nitrogen and oxygen atoms in total. The van der Waals surface area contributed by atoms with E-state index in [1.54, 1.807) is 0 Å². The van der Waals surface area contributed by atoms with E-state index in [1.165, 1.54) is 36.5 Å². The highest BCUT2D eigenvalue weighted by Crippen LogP contribution is 2.64. The summed E-state index contributed by atoms with van der Waals surface area (Å²) in [6, 6.07) is 0. The van der Waals surface area contributed by atoms with Gasteiger partial charge >= 0.3 is 0 Å². The number of rotatable bonds is 0. The molecule has 0 saturated heterocycles. The van der Waals surface area contributed by atoms with Crippen LogP contribution in [0.2, 0.25) is 0 Å². The molecule has 3 saturated carbocycles. The van der Waals surface area contributed by atoms with Crippen molar-refractivity contribution in [1.29, 1.82) is 0 Å². The lowest BCUT2D eigenvalue weighted by Crippen LogP contribution is -2.54. The van der Waals surface area contributed by atoms with E-state index in [1.807, 2.05) is 0 Å². The van der Waals surface area contributed by atoms with Crippen LogP contribution < -0.4 is 0 Å². The molecule has 0 aromatic heterocycles. The third-order valence-corrected chi connectivity index (χ3v) is 8.71. The maximum Gasteiger partial charge on any atom is 0.0757 e. The van der Waals surface area contributed by atoms with Crippen LogP contribution in [0.4, 0.5) is 0 Å². The van der Waals surface area contributed by atoms with E-state index >= 15 is 0 Å². The predicted octanol–water partition coefficient (Wildman–Crippen LogP) is 3.60. The van der Waals surface area contributed by atoms with Crippen LogP contribution in [0, 0.1) is 28.6 Å². The van der Waals surface area contributed by atoms with Gasteiger partial charge in [-0.05, 0) is 78.8 Å². The molecule has 0 heterocycles. The fourth-order valence-electron chi connectivity index (χ4n) is 6.44. The number of aliphatic hydroxyl groups excluding tert-OH is 2. The van der Waals surface area contributed by atoms with E-state index in [4.69, 9.17) is 0 Å². The van der Waals surface area contributed by atoms with Gasteiger partial charge in [0.05, 0.1) is 12.2 Å². The first-order valence-corrected chi connectivity index (χ1v) is 9.51. The van der Waals surface area contributed by atoms with Gasteiger partial charge in [-0.15, -0.1) is 8.86 Å². The van der Waals surface area contributed by atoms with E-state index in [0.29, 0.717) is 17.8 Å². The van der Waals surface area contributed by atoms with Crippen LogP contribution in [-0.2, 0) is 0 Å². The van der Waals surface area contributed by atoms with Crippen molar-refractivity contribution >= 4 is 14.2 Å². The molecule has 0 aromatic rings. The molecule has 122 valence electrons. The molecule has 4 aliphatic rings. The van der Waals surface area contributed by atoms with Gasteiger partial charge in [0, 0.05) is 0 Å². The predicted molar refractivity (Wildman–Crippen MR) is 92.4 cm³/mol. The van der Waals surface area contributed by atoms with E-state index in [0.717, 1.165) is 19.3 Å². The molecular weight excluding hydrogens is 291 g/mol. The van der Waals surface area contributed by atoms with E-state index < -0.39 is 0 Å². The summed E-state index contributed by atoms with van der Waals surface area (Å²) in [6.07, 6.45) is 9.23. The van der Waals surface area contributed by atoms with Gasteiger partial charge in [0.15, 0.2) is 0 Å². The van der Waals surface area contributed by atoms with Crippen molar-refractivity contribution in [1.82, 2.24) is 0 Å². The molecule has 3 heteroatoms. The second-order valence-electron chi connectivity index (χ2n) is 8.76. The fourth-order valence-corrected chi connectivity index (χ4v) is 6.90. The molecule has 0 aliphatic heterocycles. The zero-order valence-corrected chi connectivity index (χ0v) is 14.8. The molecule has 0 aromatic carbocycles. The number of fused-ring (bicyclic) bond motifs is 5. The van der Waals surface area contributed by atoms with Gasteiger partial charge in [0.25, 0.3) is 0 Å². The number of aliphatic hydroxyl groups is 2. The first-order valence-electron chi connectivity index (χ1n) is 9.01. The fraction of sp³-hybridized carbons (Fsp3) is 0.842. The second kappa shape index (κ2) is 4.91. The Hall–Kier alpha value is -0.170. The zero-order chi connectivity index (χ0) is 15.7. The Labute approximate surface area is 136 Å². The summed E-state index contributed by atoms with van der Waals surface area (Å²) >= 11 is 0. The molecule has 4 aliphatic carbocycles. The van der Waals surface area contributed by atoms with Gasteiger partial charge in [0.1, 0.15) is 0 Å². The van der Waals surface area contributed by atoms with Gasteiger partial charge in [-0.2, -0.15) is 0 Å². The molecular formula is C19H29O2P. The lowest BCUT2D eigenvalue weighted by molar-refractivity contribution is -0.0705. The van der Waals surface area contributed by atoms with Crippen LogP contribution in [0.1, 0.15) is 58.8 Å². The van der Waals surface area contributed by atoms with Crippen LogP contribution in [0.3, 0.4) is 0 Å². The lowest BCUT2D eigenvalue weighted by Gasteiger charge is -2.58. The minimum atomic E-state index is -0.319. The summed E-state index contributed by atoms with van der Waals surface area (Å²) in [5.74, 6) is 1.59. The highest BCUT2D eigenvalue weighted by molar-refractivity contribution is 7.21. The van der Waals surface area contributed by atoms with Crippen molar-refractivity contribution in [3.05, 3.63) is 11.6 Å². The molecule has 2 N–H and O–H groups in total. The maximum absolute atomic E-state index is 10.9. The normalized spacial score (nSPS) is 54.3. The smallest absolute Gasteiger partial charge is 0.0757 e. The molecule has 22 heavy (non-hydrogen) atoms. The lowest BCUT2D eigenvalue weighted by atomic mass is 9.47. The summed E-state index contributed by atoms with van der Waals surface area (Å²) in [5, 5.41) is 22.4. The molecule has 0 bridgehead atoms. The molecule has 0 radical (unpaired) electrons. The van der Waals surface area contributed by atoms with Crippen molar-refractivity contribution < 1.29 is 10.2 Å². The molecule has 7 atom stereocenters. The topological polar surface area (TPSA) is 40.5 Å². The average Bonchev–Trinajstić information content (AvgIpc) is 2.77. The minimum Gasteiger partial charge on any atom is -0.393 e. The van der Waals surface area contributed by atoms with E-state index in [9.17, 15) is 10.2 Å². The first-order chi connectivity index (χ1) is 10.4. The molecule has 3 unspecified atom stereocenters. The van der Waals surface area contributed by atoms with Crippen molar-refractivity contribution in [2.45, 2.75) is 71.0 Å². The summed E-state index contributed by atoms with van der Waals surface area (Å²) in [4.78, 5) is 0. The van der Waals surface area contributed by atoms with E-state index in [-0.39, 0.29) is 23.0 Å². The molecule has 4 rings (SSSR count). The Bertz CT molecular complexity index is 542. The van der Waals surface area contributed by atoms with Crippen LogP contribution in [0.15, 0.2) is 11.6 Å². The Morgan fingerprint density at radius 2 is 1.73 bits per heavy atom. The number of hydrogen-bond acceptors (Lipinski definition) is 2. The average molecular weight is 320 g/mol. The summed E-state index contributed by atoms with van der Waals surface area (Å²) in [6.45, 7) is 4.81. The monoisotopic (exact) mass is 320 g/mol. The molecule has 0 amide bonds. The third-order valence-electron chi connectivity index (χ3n) is 7.89. The molecule has 0 spiro atoms. The Balaban J connectivity index is 1.75. The van der Waals surface area contributed by atoms with Crippen LogP contribution >= 0.6 is 8.86 Å². The maximum atomic E-state index is 10.9. The Morgan fingerprint density at radius 3 is 2.50 bits per heavy atom. The quantitative estimate of drug-likeness (QED) is 0.529. The van der Waals surface area contributed by atoms with Gasteiger partial charge < -0.3 is 10.2 Å². The second-order valence-corrected chi connectivity index (χ2v) is 9.36. The highest BCUT2D eigenvalue weighted by Gasteiger charge is 2.59. The zero-order valence-electron chi connectivity index (χ0n) is 13.8. The minimum absolute atomic E-state index is 0.203. The Kier molecular flexibility index (Phi) is 3.43. The number of hydrogen-bond donors (Lipinski definition) is 2. The summed E-state index contributed by atoms with van der Waals surface area (Å²) < 4.78 is 0. The summed E-state index contributed by atoms with van der Waals surface area (Å²) in [5.41, 5.74) is 1.82. The van der Waals surface area contributed by atoms with Crippen LogP contribution in [-0.4, -0.2) is 27.7 Å². The highest BCUT2D eigenvalue weighted by atomic mass is 31.0. The SMILES string of the molecule is CC12CC[C@H]3C([C@@H](O)C=C4C[C@@H](O)CCC43C)[C@@H]1CCC2=P. The van der Waals surface area contributed by atoms with E-state index in [2.05, 4.69) is 28.8 Å². The van der Waals surface area contributed by atoms with Gasteiger partial charge in [0.2, 0.25) is 0 Å².